The second-order valence-electron chi connectivity index (χ2n) is 10.1. The van der Waals surface area contributed by atoms with Gasteiger partial charge in [0.05, 0.1) is 13.2 Å². The summed E-state index contributed by atoms with van der Waals surface area (Å²) in [5, 5.41) is 0. The van der Waals surface area contributed by atoms with Crippen molar-refractivity contribution in [3.63, 3.8) is 0 Å². The van der Waals surface area contributed by atoms with Gasteiger partial charge in [0, 0.05) is 10.9 Å². The quantitative estimate of drug-likeness (QED) is 0.0703. The molecule has 2 rings (SSSR count). The van der Waals surface area contributed by atoms with E-state index >= 15 is 0 Å². The third-order valence-electron chi connectivity index (χ3n) is 6.64. The Morgan fingerprint density at radius 1 is 0.649 bits per heavy atom. The summed E-state index contributed by atoms with van der Waals surface area (Å²) >= 11 is 5.70. The molecule has 0 unspecified atom stereocenters. The van der Waals surface area contributed by atoms with E-state index in [-0.39, 0.29) is 0 Å². The molecule has 0 amide bonds. The van der Waals surface area contributed by atoms with Crippen molar-refractivity contribution in [1.82, 2.24) is 0 Å². The zero-order valence-electron chi connectivity index (χ0n) is 23.7. The molecule has 0 saturated carbocycles. The van der Waals surface area contributed by atoms with Gasteiger partial charge in [-0.05, 0) is 54.2 Å². The maximum absolute atomic E-state index is 6.15. The van der Waals surface area contributed by atoms with Gasteiger partial charge in [-0.2, -0.15) is 0 Å². The molecule has 3 heteroatoms. The summed E-state index contributed by atoms with van der Waals surface area (Å²) in [4.78, 5) is 0.844. The van der Waals surface area contributed by atoms with E-state index in [9.17, 15) is 0 Å². The molecule has 0 bridgehead atoms. The van der Waals surface area contributed by atoms with Crippen LogP contribution in [0, 0.1) is 0 Å². The molecule has 0 fully saturated rings. The lowest BCUT2D eigenvalue weighted by atomic mass is 10.1. The van der Waals surface area contributed by atoms with Crippen LogP contribution in [-0.2, 0) is 6.42 Å². The summed E-state index contributed by atoms with van der Waals surface area (Å²) in [6.07, 6.45) is 21.5. The van der Waals surface area contributed by atoms with Gasteiger partial charge in [-0.1, -0.05) is 134 Å². The van der Waals surface area contributed by atoms with Gasteiger partial charge in [0.25, 0.3) is 0 Å². The zero-order valence-corrected chi connectivity index (χ0v) is 24.6. The molecule has 2 nitrogen and oxygen atoms in total. The normalized spacial score (nSPS) is 11.2. The third-order valence-corrected chi connectivity index (χ3v) is 7.01. The highest BCUT2D eigenvalue weighted by atomic mass is 32.1. The molecule has 0 spiro atoms. The topological polar surface area (TPSA) is 18.5 Å². The first-order valence-electron chi connectivity index (χ1n) is 14.9. The average Bonchev–Trinajstić information content (AvgIpc) is 2.91. The highest BCUT2D eigenvalue weighted by Gasteiger charge is 2.04. The van der Waals surface area contributed by atoms with Crippen molar-refractivity contribution in [1.29, 1.82) is 0 Å². The Morgan fingerprint density at radius 3 is 1.68 bits per heavy atom. The summed E-state index contributed by atoms with van der Waals surface area (Å²) in [5.41, 5.74) is 3.50. The molecule has 0 atom stereocenters. The van der Waals surface area contributed by atoms with Crippen LogP contribution < -0.4 is 9.47 Å². The number of thiocarbonyl (C=S) groups is 1. The van der Waals surface area contributed by atoms with Crippen molar-refractivity contribution in [2.24, 2.45) is 0 Å². The number of hydrogen-bond donors (Lipinski definition) is 0. The standard InChI is InChI=1S/C34H50O2S/c1-4-7-9-11-13-15-24-35-32-26-30(27-33(28-32)36-25-16-14-12-10-8-5-2)20-23-34(37)31-21-18-29(17-6-3)19-22-31/h18-23,26-28H,4-17,24-25H2,1-3H3. The summed E-state index contributed by atoms with van der Waals surface area (Å²) in [6.45, 7) is 8.22. The minimum atomic E-state index is 0.749. The predicted octanol–water partition coefficient (Wildman–Crippen LogP) is 10.5. The van der Waals surface area contributed by atoms with E-state index in [0.29, 0.717) is 0 Å². The van der Waals surface area contributed by atoms with Crippen LogP contribution in [-0.4, -0.2) is 18.1 Å². The van der Waals surface area contributed by atoms with Crippen LogP contribution >= 0.6 is 12.2 Å². The van der Waals surface area contributed by atoms with E-state index in [1.54, 1.807) is 0 Å². The maximum atomic E-state index is 6.15. The summed E-state index contributed by atoms with van der Waals surface area (Å²) in [6, 6.07) is 14.9. The Kier molecular flexibility index (Phi) is 16.7. The van der Waals surface area contributed by atoms with Gasteiger partial charge in [-0.15, -0.1) is 0 Å². The van der Waals surface area contributed by atoms with Crippen LogP contribution in [0.5, 0.6) is 11.5 Å². The SMILES string of the molecule is CCCCCCCCOc1cc(C=CC(=S)c2ccc(CCC)cc2)cc(OCCCCCCCC)c1. The molecule has 0 aliphatic heterocycles. The van der Waals surface area contributed by atoms with Crippen molar-refractivity contribution in [3.05, 3.63) is 65.2 Å². The summed E-state index contributed by atoms with van der Waals surface area (Å²) in [5.74, 6) is 1.76. The van der Waals surface area contributed by atoms with Gasteiger partial charge in [-0.25, -0.2) is 0 Å². The van der Waals surface area contributed by atoms with Gasteiger partial charge in [0.2, 0.25) is 0 Å². The molecule has 0 saturated heterocycles. The van der Waals surface area contributed by atoms with Crippen LogP contribution in [0.25, 0.3) is 6.08 Å². The lowest BCUT2D eigenvalue weighted by molar-refractivity contribution is 0.289. The van der Waals surface area contributed by atoms with E-state index in [1.165, 1.54) is 69.8 Å². The molecular weight excluding hydrogens is 472 g/mol. The molecule has 0 aliphatic rings. The molecule has 0 aliphatic carbocycles. The summed E-state index contributed by atoms with van der Waals surface area (Å²) in [7, 11) is 0. The molecule has 0 aromatic heterocycles. The Labute approximate surface area is 232 Å². The first-order valence-corrected chi connectivity index (χ1v) is 15.3. The number of ether oxygens (including phenoxy) is 2. The fraction of sp³-hybridized carbons (Fsp3) is 0.559. The predicted molar refractivity (Wildman–Crippen MR) is 165 cm³/mol. The number of allylic oxidation sites excluding steroid dienone is 1. The minimum absolute atomic E-state index is 0.749. The van der Waals surface area contributed by atoms with Crippen LogP contribution in [0.1, 0.15) is 121 Å². The second kappa shape index (κ2) is 19.9. The Balaban J connectivity index is 1.98. The number of aryl methyl sites for hydroxylation is 1. The van der Waals surface area contributed by atoms with Gasteiger partial charge in [-0.3, -0.25) is 0 Å². The molecule has 204 valence electrons. The van der Waals surface area contributed by atoms with E-state index in [0.717, 1.165) is 66.4 Å². The summed E-state index contributed by atoms with van der Waals surface area (Å²) < 4.78 is 12.3. The Hall–Kier alpha value is -2.13. The third kappa shape index (κ3) is 13.8. The molecule has 0 N–H and O–H groups in total. The molecule has 37 heavy (non-hydrogen) atoms. The molecular formula is C34H50O2S. The number of hydrogen-bond acceptors (Lipinski definition) is 3. The van der Waals surface area contributed by atoms with Crippen LogP contribution in [0.15, 0.2) is 48.5 Å². The molecule has 2 aromatic carbocycles. The van der Waals surface area contributed by atoms with Crippen molar-refractivity contribution < 1.29 is 9.47 Å². The fourth-order valence-electron chi connectivity index (χ4n) is 4.39. The van der Waals surface area contributed by atoms with Crippen molar-refractivity contribution >= 4 is 23.2 Å². The first kappa shape index (κ1) is 31.1. The van der Waals surface area contributed by atoms with Crippen molar-refractivity contribution in [3.8, 4) is 11.5 Å². The Bertz CT molecular complexity index is 864. The van der Waals surface area contributed by atoms with Crippen LogP contribution in [0.3, 0.4) is 0 Å². The smallest absolute Gasteiger partial charge is 0.123 e. The maximum Gasteiger partial charge on any atom is 0.123 e. The van der Waals surface area contributed by atoms with E-state index in [4.69, 9.17) is 21.7 Å². The van der Waals surface area contributed by atoms with Crippen LogP contribution in [0.2, 0.25) is 0 Å². The number of unbranched alkanes of at least 4 members (excludes halogenated alkanes) is 10. The zero-order chi connectivity index (χ0) is 26.6. The fourth-order valence-corrected chi connectivity index (χ4v) is 4.60. The van der Waals surface area contributed by atoms with Crippen molar-refractivity contribution in [2.75, 3.05) is 13.2 Å². The van der Waals surface area contributed by atoms with Gasteiger partial charge >= 0.3 is 0 Å². The van der Waals surface area contributed by atoms with Gasteiger partial charge in [0.15, 0.2) is 0 Å². The van der Waals surface area contributed by atoms with E-state index < -0.39 is 0 Å². The van der Waals surface area contributed by atoms with E-state index in [1.807, 2.05) is 12.1 Å². The average molecular weight is 523 g/mol. The van der Waals surface area contributed by atoms with Crippen LogP contribution in [0.4, 0.5) is 0 Å². The highest BCUT2D eigenvalue weighted by Crippen LogP contribution is 2.25. The number of rotatable bonds is 21. The monoisotopic (exact) mass is 522 g/mol. The first-order chi connectivity index (χ1) is 18.2. The highest BCUT2D eigenvalue weighted by molar-refractivity contribution is 7.81. The molecule has 0 heterocycles. The second-order valence-corrected chi connectivity index (χ2v) is 10.6. The molecule has 0 radical (unpaired) electrons. The van der Waals surface area contributed by atoms with Crippen molar-refractivity contribution in [2.45, 2.75) is 111 Å². The van der Waals surface area contributed by atoms with E-state index in [2.05, 4.69) is 63.2 Å². The van der Waals surface area contributed by atoms with Gasteiger partial charge in [0.1, 0.15) is 11.5 Å². The van der Waals surface area contributed by atoms with Gasteiger partial charge < -0.3 is 9.47 Å². The minimum Gasteiger partial charge on any atom is -0.493 e. The molecule has 2 aromatic rings. The lowest BCUT2D eigenvalue weighted by Gasteiger charge is -2.12. The largest absolute Gasteiger partial charge is 0.493 e. The number of benzene rings is 2. The Morgan fingerprint density at radius 2 is 1.16 bits per heavy atom. The lowest BCUT2D eigenvalue weighted by Crippen LogP contribution is -2.01.